The van der Waals surface area contributed by atoms with Crippen LogP contribution >= 0.6 is 0 Å². The Labute approximate surface area is 121 Å². The SMILES string of the molecule is CC(Nc1cccc(F)n1)c1ccc(-n2ccnn2)cc1. The molecule has 0 fully saturated rings. The first kappa shape index (κ1) is 13.2. The van der Waals surface area contributed by atoms with E-state index < -0.39 is 5.95 Å². The predicted octanol–water partition coefficient (Wildman–Crippen LogP) is 2.97. The van der Waals surface area contributed by atoms with Crippen molar-refractivity contribution in [1.82, 2.24) is 20.0 Å². The fraction of sp³-hybridized carbons (Fsp3) is 0.133. The Hall–Kier alpha value is -2.76. The van der Waals surface area contributed by atoms with Gasteiger partial charge in [0.2, 0.25) is 5.95 Å². The van der Waals surface area contributed by atoms with Gasteiger partial charge >= 0.3 is 0 Å². The maximum atomic E-state index is 13.1. The van der Waals surface area contributed by atoms with Gasteiger partial charge in [0.25, 0.3) is 0 Å². The molecule has 21 heavy (non-hydrogen) atoms. The molecule has 0 radical (unpaired) electrons. The van der Waals surface area contributed by atoms with Gasteiger partial charge in [0.15, 0.2) is 0 Å². The van der Waals surface area contributed by atoms with Crippen molar-refractivity contribution in [2.75, 3.05) is 5.32 Å². The molecular formula is C15H14FN5. The van der Waals surface area contributed by atoms with Crippen molar-refractivity contribution in [2.45, 2.75) is 13.0 Å². The van der Waals surface area contributed by atoms with Gasteiger partial charge in [0, 0.05) is 6.04 Å². The van der Waals surface area contributed by atoms with Crippen LogP contribution in [0.15, 0.2) is 54.9 Å². The molecule has 5 nitrogen and oxygen atoms in total. The van der Waals surface area contributed by atoms with Gasteiger partial charge in [0.05, 0.1) is 18.1 Å². The molecule has 0 aliphatic rings. The Bertz CT molecular complexity index is 709. The highest BCUT2D eigenvalue weighted by Gasteiger charge is 2.07. The fourth-order valence-electron chi connectivity index (χ4n) is 2.06. The highest BCUT2D eigenvalue weighted by Crippen LogP contribution is 2.19. The van der Waals surface area contributed by atoms with Gasteiger partial charge in [-0.1, -0.05) is 23.4 Å². The third kappa shape index (κ3) is 3.05. The maximum Gasteiger partial charge on any atom is 0.214 e. The first-order chi connectivity index (χ1) is 10.2. The van der Waals surface area contributed by atoms with Gasteiger partial charge in [-0.15, -0.1) is 5.10 Å². The van der Waals surface area contributed by atoms with Crippen LogP contribution in [0.2, 0.25) is 0 Å². The van der Waals surface area contributed by atoms with E-state index in [9.17, 15) is 4.39 Å². The number of pyridine rings is 1. The van der Waals surface area contributed by atoms with E-state index in [1.165, 1.54) is 6.07 Å². The molecule has 1 unspecified atom stereocenters. The number of aromatic nitrogens is 4. The van der Waals surface area contributed by atoms with Gasteiger partial charge in [-0.25, -0.2) is 9.67 Å². The van der Waals surface area contributed by atoms with E-state index in [0.717, 1.165) is 11.3 Å². The predicted molar refractivity (Wildman–Crippen MR) is 77.6 cm³/mol. The summed E-state index contributed by atoms with van der Waals surface area (Å²) < 4.78 is 14.8. The highest BCUT2D eigenvalue weighted by atomic mass is 19.1. The zero-order valence-corrected chi connectivity index (χ0v) is 11.4. The first-order valence-electron chi connectivity index (χ1n) is 6.58. The molecule has 2 heterocycles. The minimum Gasteiger partial charge on any atom is -0.363 e. The average molecular weight is 283 g/mol. The topological polar surface area (TPSA) is 55.6 Å². The molecule has 0 saturated heterocycles. The molecule has 6 heteroatoms. The van der Waals surface area contributed by atoms with Crippen LogP contribution in [0.25, 0.3) is 5.69 Å². The van der Waals surface area contributed by atoms with Crippen LogP contribution in [0, 0.1) is 5.95 Å². The van der Waals surface area contributed by atoms with E-state index in [4.69, 9.17) is 0 Å². The lowest BCUT2D eigenvalue weighted by Crippen LogP contribution is -2.08. The van der Waals surface area contributed by atoms with Crippen LogP contribution in [-0.2, 0) is 0 Å². The van der Waals surface area contributed by atoms with Gasteiger partial charge in [0.1, 0.15) is 5.82 Å². The minimum atomic E-state index is -0.492. The molecule has 1 atom stereocenters. The molecule has 3 aromatic rings. The van der Waals surface area contributed by atoms with E-state index in [2.05, 4.69) is 20.6 Å². The second kappa shape index (κ2) is 5.70. The molecule has 0 spiro atoms. The monoisotopic (exact) mass is 283 g/mol. The third-order valence-corrected chi connectivity index (χ3v) is 3.16. The summed E-state index contributed by atoms with van der Waals surface area (Å²) in [6.45, 7) is 2.00. The van der Waals surface area contributed by atoms with Crippen molar-refractivity contribution in [3.8, 4) is 5.69 Å². The van der Waals surface area contributed by atoms with Crippen LogP contribution in [-0.4, -0.2) is 20.0 Å². The van der Waals surface area contributed by atoms with Crippen LogP contribution in [0.5, 0.6) is 0 Å². The van der Waals surface area contributed by atoms with Crippen molar-refractivity contribution in [3.05, 3.63) is 66.4 Å². The Kier molecular flexibility index (Phi) is 3.59. The fourth-order valence-corrected chi connectivity index (χ4v) is 2.06. The summed E-state index contributed by atoms with van der Waals surface area (Å²) >= 11 is 0. The van der Waals surface area contributed by atoms with Gasteiger partial charge in [-0.3, -0.25) is 0 Å². The summed E-state index contributed by atoms with van der Waals surface area (Å²) in [6.07, 6.45) is 3.42. The second-order valence-corrected chi connectivity index (χ2v) is 4.65. The Morgan fingerprint density at radius 1 is 1.14 bits per heavy atom. The Morgan fingerprint density at radius 2 is 1.95 bits per heavy atom. The van der Waals surface area contributed by atoms with E-state index in [1.807, 2.05) is 31.2 Å². The second-order valence-electron chi connectivity index (χ2n) is 4.65. The summed E-state index contributed by atoms with van der Waals surface area (Å²) in [5.41, 5.74) is 2.01. The van der Waals surface area contributed by atoms with Crippen molar-refractivity contribution >= 4 is 5.82 Å². The van der Waals surface area contributed by atoms with E-state index in [0.29, 0.717) is 5.82 Å². The maximum absolute atomic E-state index is 13.1. The molecule has 0 aliphatic heterocycles. The highest BCUT2D eigenvalue weighted by molar-refractivity contribution is 5.40. The Balaban J connectivity index is 1.74. The molecule has 0 saturated carbocycles. The summed E-state index contributed by atoms with van der Waals surface area (Å²) in [5, 5.41) is 10.9. The lowest BCUT2D eigenvalue weighted by molar-refractivity contribution is 0.584. The number of anilines is 1. The number of nitrogens with zero attached hydrogens (tertiary/aromatic N) is 4. The Morgan fingerprint density at radius 3 is 2.62 bits per heavy atom. The lowest BCUT2D eigenvalue weighted by atomic mass is 10.1. The summed E-state index contributed by atoms with van der Waals surface area (Å²) in [6, 6.07) is 12.6. The molecule has 0 amide bonds. The van der Waals surface area contributed by atoms with Crippen molar-refractivity contribution < 1.29 is 4.39 Å². The van der Waals surface area contributed by atoms with Crippen LogP contribution in [0.1, 0.15) is 18.5 Å². The van der Waals surface area contributed by atoms with Crippen molar-refractivity contribution in [1.29, 1.82) is 0 Å². The largest absolute Gasteiger partial charge is 0.363 e. The zero-order valence-electron chi connectivity index (χ0n) is 11.4. The quantitative estimate of drug-likeness (QED) is 0.748. The molecule has 1 N–H and O–H groups in total. The molecular weight excluding hydrogens is 269 g/mol. The van der Waals surface area contributed by atoms with Crippen LogP contribution in [0.4, 0.5) is 10.2 Å². The standard InChI is InChI=1S/C15H14FN5/c1-11(18-15-4-2-3-14(16)19-15)12-5-7-13(8-6-12)21-10-9-17-20-21/h2-11H,1H3,(H,18,19). The minimum absolute atomic E-state index is 0.0177. The molecule has 0 bridgehead atoms. The first-order valence-corrected chi connectivity index (χ1v) is 6.58. The number of rotatable bonds is 4. The van der Waals surface area contributed by atoms with Crippen molar-refractivity contribution in [3.63, 3.8) is 0 Å². The third-order valence-electron chi connectivity index (χ3n) is 3.16. The number of hydrogen-bond donors (Lipinski definition) is 1. The average Bonchev–Trinajstić information content (AvgIpc) is 3.01. The van der Waals surface area contributed by atoms with Crippen LogP contribution < -0.4 is 5.32 Å². The number of benzene rings is 1. The zero-order chi connectivity index (χ0) is 14.7. The summed E-state index contributed by atoms with van der Waals surface area (Å²) in [4.78, 5) is 3.80. The molecule has 2 aromatic heterocycles. The van der Waals surface area contributed by atoms with Gasteiger partial charge in [-0.2, -0.15) is 4.39 Å². The van der Waals surface area contributed by atoms with Gasteiger partial charge in [-0.05, 0) is 36.8 Å². The number of halogens is 1. The normalized spacial score (nSPS) is 12.1. The van der Waals surface area contributed by atoms with Crippen molar-refractivity contribution in [2.24, 2.45) is 0 Å². The summed E-state index contributed by atoms with van der Waals surface area (Å²) in [5.74, 6) is 0.0246. The smallest absolute Gasteiger partial charge is 0.214 e. The van der Waals surface area contributed by atoms with E-state index >= 15 is 0 Å². The van der Waals surface area contributed by atoms with E-state index in [1.54, 1.807) is 29.2 Å². The number of hydrogen-bond acceptors (Lipinski definition) is 4. The molecule has 0 aliphatic carbocycles. The molecule has 3 rings (SSSR count). The lowest BCUT2D eigenvalue weighted by Gasteiger charge is -2.15. The molecule has 106 valence electrons. The van der Waals surface area contributed by atoms with Gasteiger partial charge < -0.3 is 5.32 Å². The van der Waals surface area contributed by atoms with Crippen LogP contribution in [0.3, 0.4) is 0 Å². The number of nitrogens with one attached hydrogen (secondary N) is 1. The molecule has 1 aromatic carbocycles. The van der Waals surface area contributed by atoms with E-state index in [-0.39, 0.29) is 6.04 Å². The summed E-state index contributed by atoms with van der Waals surface area (Å²) in [7, 11) is 0.